The lowest BCUT2D eigenvalue weighted by Crippen LogP contribution is -2.50. The zero-order chi connectivity index (χ0) is 25.8. The summed E-state index contributed by atoms with van der Waals surface area (Å²) in [6.07, 6.45) is -4.18. The Balaban J connectivity index is 1.66. The van der Waals surface area contributed by atoms with Gasteiger partial charge in [-0.25, -0.2) is 14.4 Å². The van der Waals surface area contributed by atoms with Crippen molar-refractivity contribution >= 4 is 40.5 Å². The molecule has 0 fully saturated rings. The molecule has 1 aromatic carbocycles. The van der Waals surface area contributed by atoms with Gasteiger partial charge in [0.2, 0.25) is 23.3 Å². The molecule has 0 saturated heterocycles. The topological polar surface area (TPSA) is 114 Å². The summed E-state index contributed by atoms with van der Waals surface area (Å²) in [6, 6.07) is 0.787. The molecular formula is C21H17ClF4N4O4S. The van der Waals surface area contributed by atoms with Crippen molar-refractivity contribution in [1.29, 1.82) is 0 Å². The number of hydrogen-bond donors (Lipinski definition) is 2. The van der Waals surface area contributed by atoms with Gasteiger partial charge in [0.15, 0.2) is 5.01 Å². The van der Waals surface area contributed by atoms with E-state index in [1.165, 1.54) is 24.6 Å². The molecule has 3 rings (SSSR count). The van der Waals surface area contributed by atoms with Crippen LogP contribution in [0.2, 0.25) is 5.02 Å². The predicted octanol–water partition coefficient (Wildman–Crippen LogP) is 4.42. The molecule has 2 atom stereocenters. The Morgan fingerprint density at radius 2 is 1.91 bits per heavy atom. The molecule has 2 heterocycles. The van der Waals surface area contributed by atoms with Gasteiger partial charge in [0, 0.05) is 28.6 Å². The van der Waals surface area contributed by atoms with E-state index in [1.807, 2.05) is 0 Å². The van der Waals surface area contributed by atoms with Gasteiger partial charge in [0.25, 0.3) is 5.91 Å². The summed E-state index contributed by atoms with van der Waals surface area (Å²) >= 11 is 6.72. The van der Waals surface area contributed by atoms with Crippen LogP contribution in [0.15, 0.2) is 40.4 Å². The van der Waals surface area contributed by atoms with Crippen molar-refractivity contribution in [2.75, 3.05) is 0 Å². The van der Waals surface area contributed by atoms with Crippen LogP contribution in [0.4, 0.5) is 17.6 Å². The van der Waals surface area contributed by atoms with Crippen LogP contribution in [0.1, 0.15) is 40.1 Å². The van der Waals surface area contributed by atoms with E-state index in [-0.39, 0.29) is 27.2 Å². The van der Waals surface area contributed by atoms with Gasteiger partial charge in [-0.2, -0.15) is 13.2 Å². The molecule has 0 spiro atoms. The summed E-state index contributed by atoms with van der Waals surface area (Å²) < 4.78 is 57.0. The maximum atomic E-state index is 13.5. The smallest absolute Gasteiger partial charge is 0.389 e. The van der Waals surface area contributed by atoms with Crippen molar-refractivity contribution in [2.45, 2.75) is 38.0 Å². The van der Waals surface area contributed by atoms with E-state index in [2.05, 4.69) is 20.6 Å². The molecule has 35 heavy (non-hydrogen) atoms. The van der Waals surface area contributed by atoms with Gasteiger partial charge in [0.1, 0.15) is 11.9 Å². The van der Waals surface area contributed by atoms with Gasteiger partial charge < -0.3 is 15.1 Å². The number of halogens is 5. The van der Waals surface area contributed by atoms with Gasteiger partial charge in [-0.3, -0.25) is 14.4 Å². The molecule has 3 aromatic rings. The molecule has 14 heteroatoms. The van der Waals surface area contributed by atoms with E-state index in [0.29, 0.717) is 0 Å². The van der Waals surface area contributed by atoms with Gasteiger partial charge in [-0.1, -0.05) is 11.6 Å². The number of amides is 2. The molecule has 2 amide bonds. The van der Waals surface area contributed by atoms with E-state index >= 15 is 0 Å². The average molecular weight is 533 g/mol. The van der Waals surface area contributed by atoms with E-state index in [4.69, 9.17) is 16.0 Å². The summed E-state index contributed by atoms with van der Waals surface area (Å²) in [6.45, 7) is 1.27. The van der Waals surface area contributed by atoms with Crippen LogP contribution in [-0.2, 0) is 4.79 Å². The Hall–Kier alpha value is -3.32. The molecular weight excluding hydrogens is 516 g/mol. The predicted molar refractivity (Wildman–Crippen MR) is 117 cm³/mol. The maximum Gasteiger partial charge on any atom is 0.389 e. The second kappa shape index (κ2) is 11.0. The third-order valence-electron chi connectivity index (χ3n) is 4.57. The van der Waals surface area contributed by atoms with Crippen LogP contribution < -0.4 is 10.6 Å². The number of hydrogen-bond acceptors (Lipinski definition) is 7. The average Bonchev–Trinajstić information content (AvgIpc) is 3.47. The van der Waals surface area contributed by atoms with Crippen LogP contribution in [0.5, 0.6) is 0 Å². The highest BCUT2D eigenvalue weighted by Crippen LogP contribution is 2.25. The highest BCUT2D eigenvalue weighted by molar-refractivity contribution is 7.11. The molecule has 0 bridgehead atoms. The lowest BCUT2D eigenvalue weighted by molar-refractivity contribution is -0.137. The van der Waals surface area contributed by atoms with Crippen LogP contribution in [-0.4, -0.2) is 45.8 Å². The summed E-state index contributed by atoms with van der Waals surface area (Å²) in [5.41, 5.74) is 0.174. The van der Waals surface area contributed by atoms with Crippen LogP contribution >= 0.6 is 22.9 Å². The van der Waals surface area contributed by atoms with E-state index in [9.17, 15) is 31.9 Å². The minimum Gasteiger partial charge on any atom is -0.431 e. The molecule has 186 valence electrons. The van der Waals surface area contributed by atoms with E-state index in [1.54, 1.807) is 0 Å². The number of nitrogens with zero attached hydrogens (tertiary/aromatic N) is 2. The zero-order valence-corrected chi connectivity index (χ0v) is 19.4. The van der Waals surface area contributed by atoms with Crippen molar-refractivity contribution in [3.05, 3.63) is 57.6 Å². The Morgan fingerprint density at radius 3 is 2.54 bits per heavy atom. The monoisotopic (exact) mass is 532 g/mol. The lowest BCUT2D eigenvalue weighted by atomic mass is 10.1. The van der Waals surface area contributed by atoms with Crippen molar-refractivity contribution in [1.82, 2.24) is 20.6 Å². The van der Waals surface area contributed by atoms with Gasteiger partial charge >= 0.3 is 6.18 Å². The Bertz CT molecular complexity index is 1200. The standard InChI is InChI=1S/C21H17ClF4N4O4S/c1-10(17(32)30-14(2-3-21(24,25)26)16(31)20-27-4-5-35-20)29-18(33)15-9-28-19(34-15)11-6-12(22)8-13(23)7-11/h4-10,14H,2-3H2,1H3,(H,29,33)(H,30,32)/t10-,14-/m0/s1. The molecule has 0 aliphatic heterocycles. The molecule has 2 N–H and O–H groups in total. The lowest BCUT2D eigenvalue weighted by Gasteiger charge is -2.20. The first kappa shape index (κ1) is 26.3. The minimum atomic E-state index is -4.54. The second-order valence-electron chi connectivity index (χ2n) is 7.30. The normalized spacial score (nSPS) is 13.2. The molecule has 0 radical (unpaired) electrons. The number of thiazole rings is 1. The molecule has 0 aliphatic rings. The van der Waals surface area contributed by atoms with Crippen molar-refractivity contribution in [3.8, 4) is 11.5 Å². The Kier molecular flexibility index (Phi) is 8.22. The summed E-state index contributed by atoms with van der Waals surface area (Å²) in [7, 11) is 0. The number of nitrogens with one attached hydrogen (secondary N) is 2. The van der Waals surface area contributed by atoms with Gasteiger partial charge in [-0.05, 0) is 31.5 Å². The minimum absolute atomic E-state index is 0.0548. The highest BCUT2D eigenvalue weighted by Gasteiger charge is 2.33. The van der Waals surface area contributed by atoms with Gasteiger partial charge in [-0.15, -0.1) is 11.3 Å². The van der Waals surface area contributed by atoms with Crippen LogP contribution in [0.3, 0.4) is 0 Å². The third-order valence-corrected chi connectivity index (χ3v) is 5.58. The first-order chi connectivity index (χ1) is 16.4. The number of rotatable bonds is 9. The van der Waals surface area contributed by atoms with Gasteiger partial charge in [0.05, 0.1) is 12.2 Å². The first-order valence-electron chi connectivity index (χ1n) is 9.97. The number of alkyl halides is 3. The fourth-order valence-corrected chi connectivity index (χ4v) is 3.74. The SMILES string of the molecule is C[C@H](NC(=O)c1cnc(-c2cc(F)cc(Cl)c2)o1)C(=O)N[C@@H](CCC(F)(F)F)C(=O)c1nccs1. The van der Waals surface area contributed by atoms with Crippen LogP contribution in [0.25, 0.3) is 11.5 Å². The summed E-state index contributed by atoms with van der Waals surface area (Å²) in [5, 5.41) is 6.05. The summed E-state index contributed by atoms with van der Waals surface area (Å²) in [5.74, 6) is -3.60. The molecule has 0 unspecified atom stereocenters. The second-order valence-corrected chi connectivity index (χ2v) is 8.63. The molecule has 0 aliphatic carbocycles. The number of aromatic nitrogens is 2. The zero-order valence-electron chi connectivity index (χ0n) is 17.9. The quantitative estimate of drug-likeness (QED) is 0.311. The third kappa shape index (κ3) is 7.33. The fourth-order valence-electron chi connectivity index (χ4n) is 2.89. The number of carbonyl (C=O) groups is 3. The highest BCUT2D eigenvalue weighted by atomic mass is 35.5. The van der Waals surface area contributed by atoms with Crippen molar-refractivity contribution < 1.29 is 36.4 Å². The number of ketones is 1. The van der Waals surface area contributed by atoms with E-state index in [0.717, 1.165) is 29.7 Å². The maximum absolute atomic E-state index is 13.5. The van der Waals surface area contributed by atoms with Crippen molar-refractivity contribution in [3.63, 3.8) is 0 Å². The van der Waals surface area contributed by atoms with Crippen molar-refractivity contribution in [2.24, 2.45) is 0 Å². The number of oxazole rings is 1. The van der Waals surface area contributed by atoms with Crippen LogP contribution in [0, 0.1) is 5.82 Å². The number of carbonyl (C=O) groups excluding carboxylic acids is 3. The van der Waals surface area contributed by atoms with E-state index < -0.39 is 54.5 Å². The largest absolute Gasteiger partial charge is 0.431 e. The number of benzene rings is 1. The Labute approximate surface area is 204 Å². The summed E-state index contributed by atoms with van der Waals surface area (Å²) in [4.78, 5) is 45.2. The molecule has 8 nitrogen and oxygen atoms in total. The molecule has 2 aromatic heterocycles. The molecule has 0 saturated carbocycles. The fraction of sp³-hybridized carbons (Fsp3) is 0.286. The number of Topliss-reactive ketones (excluding diaryl/α,β-unsaturated/α-hetero) is 1. The first-order valence-corrected chi connectivity index (χ1v) is 11.2. The Morgan fingerprint density at radius 1 is 1.17 bits per heavy atom.